The minimum absolute atomic E-state index is 1.08. The number of rotatable bonds is 2. The Morgan fingerprint density at radius 2 is 1.94 bits per heavy atom. The highest BCUT2D eigenvalue weighted by molar-refractivity contribution is 5.82. The molecule has 0 saturated carbocycles. The second-order valence-electron chi connectivity index (χ2n) is 5.26. The number of hydrogen-bond acceptors (Lipinski definition) is 2. The average Bonchev–Trinajstić information content (AvgIpc) is 2.43. The zero-order chi connectivity index (χ0) is 12.4. The molecule has 2 heteroatoms. The van der Waals surface area contributed by atoms with Crippen LogP contribution in [-0.4, -0.2) is 23.0 Å². The van der Waals surface area contributed by atoms with Gasteiger partial charge in [0.2, 0.25) is 0 Å². The molecule has 0 N–H and O–H groups in total. The van der Waals surface area contributed by atoms with Gasteiger partial charge in [0.1, 0.15) is 0 Å². The van der Waals surface area contributed by atoms with E-state index in [4.69, 9.17) is 0 Å². The molecule has 2 aromatic rings. The van der Waals surface area contributed by atoms with E-state index in [-0.39, 0.29) is 0 Å². The van der Waals surface area contributed by atoms with E-state index in [9.17, 15) is 0 Å². The zero-order valence-electron chi connectivity index (χ0n) is 11.0. The lowest BCUT2D eigenvalue weighted by Crippen LogP contribution is -2.29. The Morgan fingerprint density at radius 1 is 1.11 bits per heavy atom. The van der Waals surface area contributed by atoms with Crippen molar-refractivity contribution >= 4 is 10.9 Å². The van der Waals surface area contributed by atoms with E-state index in [1.165, 1.54) is 48.9 Å². The van der Waals surface area contributed by atoms with Crippen LogP contribution in [0.4, 0.5) is 0 Å². The highest BCUT2D eigenvalue weighted by atomic mass is 15.1. The van der Waals surface area contributed by atoms with Gasteiger partial charge in [-0.1, -0.05) is 24.6 Å². The summed E-state index contributed by atoms with van der Waals surface area (Å²) in [6, 6.07) is 8.62. The van der Waals surface area contributed by atoms with Gasteiger partial charge in [-0.05, 0) is 50.0 Å². The van der Waals surface area contributed by atoms with Gasteiger partial charge in [0.25, 0.3) is 0 Å². The van der Waals surface area contributed by atoms with Crippen molar-refractivity contribution in [2.45, 2.75) is 32.7 Å². The summed E-state index contributed by atoms with van der Waals surface area (Å²) in [4.78, 5) is 7.09. The predicted octanol–water partition coefficient (Wildman–Crippen LogP) is 3.53. The van der Waals surface area contributed by atoms with Crippen molar-refractivity contribution in [1.29, 1.82) is 0 Å². The quantitative estimate of drug-likeness (QED) is 0.798. The SMILES string of the molecule is Cc1c(CN2CCCCC2)ccc2cccnc12. The minimum atomic E-state index is 1.08. The summed E-state index contributed by atoms with van der Waals surface area (Å²) in [7, 11) is 0. The standard InChI is InChI=1S/C16H20N2/c1-13-15(12-18-10-3-2-4-11-18)8-7-14-6-5-9-17-16(13)14/h5-9H,2-4,10-12H2,1H3. The Labute approximate surface area is 109 Å². The summed E-state index contributed by atoms with van der Waals surface area (Å²) >= 11 is 0. The molecular formula is C16H20N2. The van der Waals surface area contributed by atoms with Crippen molar-refractivity contribution in [1.82, 2.24) is 9.88 Å². The van der Waals surface area contributed by atoms with Gasteiger partial charge in [0, 0.05) is 18.1 Å². The van der Waals surface area contributed by atoms with Crippen molar-refractivity contribution in [3.63, 3.8) is 0 Å². The molecule has 1 aromatic heterocycles. The molecule has 0 aliphatic carbocycles. The van der Waals surface area contributed by atoms with Gasteiger partial charge in [-0.3, -0.25) is 9.88 Å². The molecule has 2 nitrogen and oxygen atoms in total. The van der Waals surface area contributed by atoms with E-state index in [0.29, 0.717) is 0 Å². The van der Waals surface area contributed by atoms with E-state index >= 15 is 0 Å². The second kappa shape index (κ2) is 5.07. The van der Waals surface area contributed by atoms with Crippen LogP contribution in [0.3, 0.4) is 0 Å². The lowest BCUT2D eigenvalue weighted by atomic mass is 10.0. The first-order valence-corrected chi connectivity index (χ1v) is 6.90. The van der Waals surface area contributed by atoms with Gasteiger partial charge in [-0.15, -0.1) is 0 Å². The number of hydrogen-bond donors (Lipinski definition) is 0. The van der Waals surface area contributed by atoms with Crippen LogP contribution >= 0.6 is 0 Å². The van der Waals surface area contributed by atoms with Crippen LogP contribution in [0.1, 0.15) is 30.4 Å². The third-order valence-corrected chi connectivity index (χ3v) is 3.98. The fourth-order valence-electron chi connectivity index (χ4n) is 2.86. The average molecular weight is 240 g/mol. The molecule has 0 radical (unpaired) electrons. The Bertz CT molecular complexity index is 542. The maximum absolute atomic E-state index is 4.52. The van der Waals surface area contributed by atoms with Crippen molar-refractivity contribution < 1.29 is 0 Å². The molecule has 1 saturated heterocycles. The third kappa shape index (κ3) is 2.25. The third-order valence-electron chi connectivity index (χ3n) is 3.98. The highest BCUT2D eigenvalue weighted by Gasteiger charge is 2.12. The van der Waals surface area contributed by atoms with E-state index in [2.05, 4.69) is 35.0 Å². The largest absolute Gasteiger partial charge is 0.299 e. The monoisotopic (exact) mass is 240 g/mol. The number of likely N-dealkylation sites (tertiary alicyclic amines) is 1. The Kier molecular flexibility index (Phi) is 3.28. The summed E-state index contributed by atoms with van der Waals surface area (Å²) in [6.45, 7) is 5.78. The number of piperidine rings is 1. The zero-order valence-corrected chi connectivity index (χ0v) is 11.0. The van der Waals surface area contributed by atoms with Gasteiger partial charge in [-0.25, -0.2) is 0 Å². The maximum Gasteiger partial charge on any atom is 0.0734 e. The predicted molar refractivity (Wildman–Crippen MR) is 75.6 cm³/mol. The summed E-state index contributed by atoms with van der Waals surface area (Å²) in [5.74, 6) is 0. The number of aromatic nitrogens is 1. The molecular weight excluding hydrogens is 220 g/mol. The number of aryl methyl sites for hydroxylation is 1. The van der Waals surface area contributed by atoms with Crippen LogP contribution in [-0.2, 0) is 6.54 Å². The summed E-state index contributed by atoms with van der Waals surface area (Å²) < 4.78 is 0. The minimum Gasteiger partial charge on any atom is -0.299 e. The first kappa shape index (κ1) is 11.7. The van der Waals surface area contributed by atoms with Gasteiger partial charge in [-0.2, -0.15) is 0 Å². The van der Waals surface area contributed by atoms with Crippen LogP contribution in [0, 0.1) is 6.92 Å². The number of pyridine rings is 1. The molecule has 1 aliphatic rings. The number of benzene rings is 1. The first-order valence-electron chi connectivity index (χ1n) is 6.90. The van der Waals surface area contributed by atoms with Crippen molar-refractivity contribution in [3.05, 3.63) is 41.6 Å². The molecule has 18 heavy (non-hydrogen) atoms. The van der Waals surface area contributed by atoms with Crippen LogP contribution in [0.15, 0.2) is 30.5 Å². The molecule has 1 aliphatic heterocycles. The Balaban J connectivity index is 1.89. The van der Waals surface area contributed by atoms with Gasteiger partial charge < -0.3 is 0 Å². The van der Waals surface area contributed by atoms with Crippen molar-refractivity contribution in [2.75, 3.05) is 13.1 Å². The lowest BCUT2D eigenvalue weighted by molar-refractivity contribution is 0.220. The molecule has 1 fully saturated rings. The van der Waals surface area contributed by atoms with E-state index in [0.717, 1.165) is 12.1 Å². The molecule has 0 spiro atoms. The van der Waals surface area contributed by atoms with Crippen molar-refractivity contribution in [2.24, 2.45) is 0 Å². The van der Waals surface area contributed by atoms with Crippen LogP contribution < -0.4 is 0 Å². The fraction of sp³-hybridized carbons (Fsp3) is 0.438. The lowest BCUT2D eigenvalue weighted by Gasteiger charge is -2.27. The van der Waals surface area contributed by atoms with Gasteiger partial charge >= 0.3 is 0 Å². The number of fused-ring (bicyclic) bond motifs is 1. The molecule has 1 aromatic carbocycles. The molecule has 2 heterocycles. The summed E-state index contributed by atoms with van der Waals surface area (Å²) in [5, 5.41) is 1.25. The fourth-order valence-corrected chi connectivity index (χ4v) is 2.86. The van der Waals surface area contributed by atoms with Gasteiger partial charge in [0.05, 0.1) is 5.52 Å². The topological polar surface area (TPSA) is 16.1 Å². The highest BCUT2D eigenvalue weighted by Crippen LogP contribution is 2.22. The van der Waals surface area contributed by atoms with Crippen LogP contribution in [0.25, 0.3) is 10.9 Å². The Morgan fingerprint density at radius 3 is 2.78 bits per heavy atom. The first-order chi connectivity index (χ1) is 8.84. The molecule has 94 valence electrons. The van der Waals surface area contributed by atoms with Crippen LogP contribution in [0.5, 0.6) is 0 Å². The second-order valence-corrected chi connectivity index (χ2v) is 5.26. The van der Waals surface area contributed by atoms with E-state index in [1.807, 2.05) is 12.3 Å². The molecule has 0 unspecified atom stereocenters. The maximum atomic E-state index is 4.52. The van der Waals surface area contributed by atoms with E-state index in [1.54, 1.807) is 0 Å². The Hall–Kier alpha value is -1.41. The molecule has 0 amide bonds. The van der Waals surface area contributed by atoms with Crippen molar-refractivity contribution in [3.8, 4) is 0 Å². The van der Waals surface area contributed by atoms with E-state index < -0.39 is 0 Å². The van der Waals surface area contributed by atoms with Crippen LogP contribution in [0.2, 0.25) is 0 Å². The normalized spacial score (nSPS) is 17.2. The van der Waals surface area contributed by atoms with Gasteiger partial charge in [0.15, 0.2) is 0 Å². The molecule has 0 atom stereocenters. The smallest absolute Gasteiger partial charge is 0.0734 e. The molecule has 0 bridgehead atoms. The molecule has 3 rings (SSSR count). The summed E-state index contributed by atoms with van der Waals surface area (Å²) in [5.41, 5.74) is 3.94. The summed E-state index contributed by atoms with van der Waals surface area (Å²) in [6.07, 6.45) is 5.99. The number of nitrogens with zero attached hydrogens (tertiary/aromatic N) is 2.